The topological polar surface area (TPSA) is 104 Å². The van der Waals surface area contributed by atoms with Crippen LogP contribution in [0.2, 0.25) is 0 Å². The third-order valence-corrected chi connectivity index (χ3v) is 7.13. The number of aryl methyl sites for hydroxylation is 1. The number of pyridine rings is 1. The van der Waals surface area contributed by atoms with E-state index in [0.717, 1.165) is 18.7 Å². The van der Waals surface area contributed by atoms with E-state index in [0.29, 0.717) is 41.3 Å². The second-order valence-corrected chi connectivity index (χ2v) is 10.3. The molecule has 3 heterocycles. The number of hydrogen-bond donors (Lipinski definition) is 2. The van der Waals surface area contributed by atoms with Crippen LogP contribution < -0.4 is 19.7 Å². The molecule has 40 heavy (non-hydrogen) atoms. The van der Waals surface area contributed by atoms with E-state index in [1.807, 2.05) is 38.2 Å². The number of nitrogens with zero attached hydrogens (tertiary/aromatic N) is 3. The number of likely N-dealkylation sites (tertiary alicyclic amines) is 1. The highest BCUT2D eigenvalue weighted by atomic mass is 16.5. The van der Waals surface area contributed by atoms with Gasteiger partial charge in [-0.1, -0.05) is 29.5 Å². The van der Waals surface area contributed by atoms with Crippen LogP contribution in [-0.4, -0.2) is 72.2 Å². The van der Waals surface area contributed by atoms with Gasteiger partial charge in [0.15, 0.2) is 0 Å². The molecule has 2 aliphatic heterocycles. The molecular weight excluding hydrogens is 508 g/mol. The van der Waals surface area contributed by atoms with Crippen molar-refractivity contribution in [3.8, 4) is 29.1 Å². The van der Waals surface area contributed by atoms with Crippen LogP contribution in [0.4, 0.5) is 5.69 Å². The molecule has 2 aromatic carbocycles. The van der Waals surface area contributed by atoms with Gasteiger partial charge in [-0.15, -0.1) is 0 Å². The lowest BCUT2D eigenvalue weighted by Crippen LogP contribution is -2.49. The van der Waals surface area contributed by atoms with Gasteiger partial charge in [0.1, 0.15) is 41.2 Å². The first-order chi connectivity index (χ1) is 19.2. The number of fused-ring (bicyclic) bond motifs is 1. The average molecular weight is 541 g/mol. The Morgan fingerprint density at radius 1 is 1.10 bits per heavy atom. The third-order valence-electron chi connectivity index (χ3n) is 7.13. The van der Waals surface area contributed by atoms with Crippen LogP contribution in [0, 0.1) is 18.8 Å². The molecule has 0 saturated carbocycles. The SMILES string of the molecule is Cc1ccc(Oc2ccnc(C(=O)N[C@H]3COc4ccc(C#CC5(O)CCN(C)CC5)cc4N(C)C3=O)c2)cc1. The number of carbonyl (C=O) groups is 2. The highest BCUT2D eigenvalue weighted by Crippen LogP contribution is 2.32. The van der Waals surface area contributed by atoms with Crippen molar-refractivity contribution in [3.63, 3.8) is 0 Å². The average Bonchev–Trinajstić information content (AvgIpc) is 3.07. The first-order valence-corrected chi connectivity index (χ1v) is 13.2. The number of rotatable bonds is 4. The van der Waals surface area contributed by atoms with Crippen molar-refractivity contribution < 1.29 is 24.2 Å². The van der Waals surface area contributed by atoms with E-state index in [-0.39, 0.29) is 18.2 Å². The van der Waals surface area contributed by atoms with E-state index in [9.17, 15) is 14.7 Å². The van der Waals surface area contributed by atoms with E-state index in [1.54, 1.807) is 31.3 Å². The van der Waals surface area contributed by atoms with Crippen LogP contribution in [0.25, 0.3) is 0 Å². The Morgan fingerprint density at radius 2 is 1.85 bits per heavy atom. The lowest BCUT2D eigenvalue weighted by Gasteiger charge is -2.32. The quantitative estimate of drug-likeness (QED) is 0.490. The van der Waals surface area contributed by atoms with Crippen LogP contribution in [0.15, 0.2) is 60.8 Å². The van der Waals surface area contributed by atoms with Gasteiger partial charge in [-0.3, -0.25) is 14.6 Å². The molecule has 3 aromatic rings. The number of piperidine rings is 1. The number of hydrogen-bond acceptors (Lipinski definition) is 7. The molecule has 2 N–H and O–H groups in total. The van der Waals surface area contributed by atoms with Crippen molar-refractivity contribution >= 4 is 17.5 Å². The highest BCUT2D eigenvalue weighted by Gasteiger charge is 2.32. The molecule has 9 heteroatoms. The van der Waals surface area contributed by atoms with Crippen molar-refractivity contribution in [2.45, 2.75) is 31.4 Å². The Labute approximate surface area is 233 Å². The number of benzene rings is 2. The predicted octanol–water partition coefficient (Wildman–Crippen LogP) is 3.14. The molecule has 0 spiro atoms. The summed E-state index contributed by atoms with van der Waals surface area (Å²) in [5, 5.41) is 13.5. The molecule has 1 aromatic heterocycles. The Hall–Kier alpha value is -4.39. The molecule has 0 bridgehead atoms. The maximum atomic E-state index is 13.3. The van der Waals surface area contributed by atoms with Crippen LogP contribution in [-0.2, 0) is 4.79 Å². The summed E-state index contributed by atoms with van der Waals surface area (Å²) >= 11 is 0. The minimum Gasteiger partial charge on any atom is -0.489 e. The predicted molar refractivity (Wildman–Crippen MR) is 151 cm³/mol. The molecule has 1 saturated heterocycles. The molecule has 5 rings (SSSR count). The number of carbonyl (C=O) groups excluding carboxylic acids is 2. The zero-order chi connectivity index (χ0) is 28.3. The van der Waals surface area contributed by atoms with Gasteiger partial charge in [0.25, 0.3) is 11.8 Å². The van der Waals surface area contributed by atoms with Gasteiger partial charge in [-0.2, -0.15) is 0 Å². The van der Waals surface area contributed by atoms with Gasteiger partial charge in [0.2, 0.25) is 0 Å². The summed E-state index contributed by atoms with van der Waals surface area (Å²) in [7, 11) is 3.65. The normalized spacial score (nSPS) is 18.4. The van der Waals surface area contributed by atoms with Crippen molar-refractivity contribution in [3.05, 3.63) is 77.6 Å². The fraction of sp³-hybridized carbons (Fsp3) is 0.323. The molecule has 0 aliphatic carbocycles. The number of amides is 2. The molecule has 1 fully saturated rings. The van der Waals surface area contributed by atoms with Crippen molar-refractivity contribution in [1.82, 2.24) is 15.2 Å². The molecule has 206 valence electrons. The second kappa shape index (κ2) is 11.4. The number of likely N-dealkylation sites (N-methyl/N-ethyl adjacent to an activating group) is 1. The highest BCUT2D eigenvalue weighted by molar-refractivity contribution is 6.03. The Balaban J connectivity index is 1.27. The second-order valence-electron chi connectivity index (χ2n) is 10.3. The maximum Gasteiger partial charge on any atom is 0.270 e. The summed E-state index contributed by atoms with van der Waals surface area (Å²) in [6.07, 6.45) is 2.65. The fourth-order valence-corrected chi connectivity index (χ4v) is 4.55. The summed E-state index contributed by atoms with van der Waals surface area (Å²) in [6, 6.07) is 15.1. The molecule has 0 radical (unpaired) electrons. The Kier molecular flexibility index (Phi) is 7.74. The summed E-state index contributed by atoms with van der Waals surface area (Å²) in [5.41, 5.74) is 1.40. The summed E-state index contributed by atoms with van der Waals surface area (Å²) in [5.74, 6) is 6.82. The minimum atomic E-state index is -1.02. The smallest absolute Gasteiger partial charge is 0.270 e. The van der Waals surface area contributed by atoms with Gasteiger partial charge in [0, 0.05) is 50.8 Å². The van der Waals surface area contributed by atoms with Gasteiger partial charge in [-0.25, -0.2) is 0 Å². The van der Waals surface area contributed by atoms with Crippen LogP contribution in [0.1, 0.15) is 34.5 Å². The van der Waals surface area contributed by atoms with Gasteiger partial charge >= 0.3 is 0 Å². The molecule has 1 atom stereocenters. The summed E-state index contributed by atoms with van der Waals surface area (Å²) in [4.78, 5) is 34.1. The van der Waals surface area contributed by atoms with Gasteiger partial charge in [0.05, 0.1) is 5.69 Å². The zero-order valence-corrected chi connectivity index (χ0v) is 22.8. The minimum absolute atomic E-state index is 0.0419. The van der Waals surface area contributed by atoms with Crippen LogP contribution >= 0.6 is 0 Å². The maximum absolute atomic E-state index is 13.3. The number of ether oxygens (including phenoxy) is 2. The van der Waals surface area contributed by atoms with E-state index in [4.69, 9.17) is 9.47 Å². The monoisotopic (exact) mass is 540 g/mol. The van der Waals surface area contributed by atoms with E-state index in [2.05, 4.69) is 27.0 Å². The lowest BCUT2D eigenvalue weighted by molar-refractivity contribution is -0.120. The molecule has 2 amide bonds. The van der Waals surface area contributed by atoms with E-state index in [1.165, 1.54) is 17.2 Å². The van der Waals surface area contributed by atoms with Crippen LogP contribution in [0.5, 0.6) is 17.2 Å². The van der Waals surface area contributed by atoms with Crippen molar-refractivity contribution in [1.29, 1.82) is 0 Å². The Bertz CT molecular complexity index is 1470. The first-order valence-electron chi connectivity index (χ1n) is 13.2. The zero-order valence-electron chi connectivity index (χ0n) is 22.8. The molecule has 9 nitrogen and oxygen atoms in total. The number of aromatic nitrogens is 1. The molecule has 0 unspecified atom stereocenters. The lowest BCUT2D eigenvalue weighted by atomic mass is 9.92. The Morgan fingerprint density at radius 3 is 2.60 bits per heavy atom. The van der Waals surface area contributed by atoms with E-state index >= 15 is 0 Å². The van der Waals surface area contributed by atoms with E-state index < -0.39 is 17.6 Å². The van der Waals surface area contributed by atoms with Crippen molar-refractivity contribution in [2.75, 3.05) is 38.7 Å². The van der Waals surface area contributed by atoms with Gasteiger partial charge < -0.3 is 29.7 Å². The standard InChI is InChI=1S/C31H32N4O5/c1-21-4-7-23(8-5-21)40-24-11-15-32-25(19-24)29(36)33-26-20-39-28-9-6-22(18-27(28)35(3)30(26)37)10-12-31(38)13-16-34(2)17-14-31/h4-9,11,15,18-19,26,38H,13-14,16-17,20H2,1-3H3,(H,33,36)/t26-/m0/s1. The summed E-state index contributed by atoms with van der Waals surface area (Å²) in [6.45, 7) is 3.52. The van der Waals surface area contributed by atoms with Gasteiger partial charge in [-0.05, 0) is 50.4 Å². The largest absolute Gasteiger partial charge is 0.489 e. The number of aliphatic hydroxyl groups is 1. The fourth-order valence-electron chi connectivity index (χ4n) is 4.55. The summed E-state index contributed by atoms with van der Waals surface area (Å²) < 4.78 is 11.8. The molecular formula is C31H32N4O5. The first kappa shape index (κ1) is 27.2. The third kappa shape index (κ3) is 6.25. The number of nitrogens with one attached hydrogen (secondary N) is 1. The van der Waals surface area contributed by atoms with Crippen molar-refractivity contribution in [2.24, 2.45) is 0 Å². The van der Waals surface area contributed by atoms with Crippen LogP contribution in [0.3, 0.4) is 0 Å². The number of anilines is 1. The molecule has 2 aliphatic rings.